The Balaban J connectivity index is 1.62. The van der Waals surface area contributed by atoms with Crippen molar-refractivity contribution >= 4 is 43.7 Å². The molecule has 1 aliphatic rings. The van der Waals surface area contributed by atoms with E-state index in [9.17, 15) is 9.59 Å². The van der Waals surface area contributed by atoms with Gasteiger partial charge in [0.05, 0.1) is 0 Å². The predicted molar refractivity (Wildman–Crippen MR) is 158 cm³/mol. The smallest absolute Gasteiger partial charge is 0.261 e. The number of nitrogens with one attached hydrogen (secondary N) is 1. The molecule has 3 aromatic rings. The van der Waals surface area contributed by atoms with Crippen LogP contribution in [0.2, 0.25) is 0 Å². The fraction of sp³-hybridized carbons (Fsp3) is 0.355. The zero-order chi connectivity index (χ0) is 27.1. The van der Waals surface area contributed by atoms with Gasteiger partial charge in [0.15, 0.2) is 6.61 Å². The SMILES string of the molecule is Cc1cc(OCC(=O)N(Cc2cccc(Br)c2)C(Cc2ccccc2)C(=O)NC2CCCC2)cc(C)c1Br. The molecule has 0 saturated heterocycles. The van der Waals surface area contributed by atoms with Crippen LogP contribution in [0.4, 0.5) is 0 Å². The number of rotatable bonds is 10. The molecule has 1 atom stereocenters. The zero-order valence-corrected chi connectivity index (χ0v) is 25.1. The minimum absolute atomic E-state index is 0.112. The number of ether oxygens (including phenoxy) is 1. The molecule has 2 amide bonds. The van der Waals surface area contributed by atoms with Crippen LogP contribution in [-0.4, -0.2) is 35.4 Å². The van der Waals surface area contributed by atoms with Gasteiger partial charge in [0, 0.05) is 28.0 Å². The lowest BCUT2D eigenvalue weighted by Gasteiger charge is -2.32. The summed E-state index contributed by atoms with van der Waals surface area (Å²) in [6.45, 7) is 4.13. The van der Waals surface area contributed by atoms with Gasteiger partial charge in [-0.2, -0.15) is 0 Å². The van der Waals surface area contributed by atoms with E-state index in [0.717, 1.165) is 56.9 Å². The highest BCUT2D eigenvalue weighted by molar-refractivity contribution is 9.10. The maximum absolute atomic E-state index is 13.8. The average Bonchev–Trinajstić information content (AvgIpc) is 3.41. The Labute approximate surface area is 242 Å². The van der Waals surface area contributed by atoms with Crippen LogP contribution < -0.4 is 10.1 Å². The molecule has 0 aromatic heterocycles. The van der Waals surface area contributed by atoms with Gasteiger partial charge >= 0.3 is 0 Å². The summed E-state index contributed by atoms with van der Waals surface area (Å²) in [4.78, 5) is 29.2. The van der Waals surface area contributed by atoms with Crippen molar-refractivity contribution in [1.29, 1.82) is 0 Å². The largest absolute Gasteiger partial charge is 0.484 e. The summed E-state index contributed by atoms with van der Waals surface area (Å²) in [5.74, 6) is 0.291. The van der Waals surface area contributed by atoms with Crippen LogP contribution in [0, 0.1) is 13.8 Å². The van der Waals surface area contributed by atoms with Gasteiger partial charge in [-0.1, -0.05) is 87.2 Å². The number of hydrogen-bond donors (Lipinski definition) is 1. The van der Waals surface area contributed by atoms with Crippen molar-refractivity contribution in [1.82, 2.24) is 10.2 Å². The molecule has 0 heterocycles. The van der Waals surface area contributed by atoms with Crippen LogP contribution in [0.1, 0.15) is 47.9 Å². The summed E-state index contributed by atoms with van der Waals surface area (Å²) in [5.41, 5.74) is 4.02. The highest BCUT2D eigenvalue weighted by Gasteiger charge is 2.32. The summed E-state index contributed by atoms with van der Waals surface area (Å²) in [5, 5.41) is 3.24. The Morgan fingerprint density at radius 3 is 2.26 bits per heavy atom. The number of nitrogens with zero attached hydrogens (tertiary/aromatic N) is 1. The van der Waals surface area contributed by atoms with Crippen molar-refractivity contribution in [2.24, 2.45) is 0 Å². The van der Waals surface area contributed by atoms with E-state index in [-0.39, 0.29) is 24.5 Å². The van der Waals surface area contributed by atoms with E-state index in [1.807, 2.05) is 80.6 Å². The summed E-state index contributed by atoms with van der Waals surface area (Å²) < 4.78 is 7.94. The molecule has 4 rings (SSSR count). The molecule has 1 fully saturated rings. The third-order valence-electron chi connectivity index (χ3n) is 6.99. The molecule has 1 aliphatic carbocycles. The van der Waals surface area contributed by atoms with E-state index >= 15 is 0 Å². The van der Waals surface area contributed by atoms with Crippen molar-refractivity contribution in [2.75, 3.05) is 6.61 Å². The van der Waals surface area contributed by atoms with Crippen LogP contribution in [-0.2, 0) is 22.6 Å². The summed E-state index contributed by atoms with van der Waals surface area (Å²) in [6.07, 6.45) is 4.63. The van der Waals surface area contributed by atoms with Crippen LogP contribution in [0.25, 0.3) is 0 Å². The molecule has 0 aliphatic heterocycles. The molecule has 3 aromatic carbocycles. The van der Waals surface area contributed by atoms with Gasteiger partial charge in [-0.15, -0.1) is 0 Å². The normalized spacial score (nSPS) is 14.2. The third kappa shape index (κ3) is 7.70. The minimum Gasteiger partial charge on any atom is -0.484 e. The molecule has 1 N–H and O–H groups in total. The lowest BCUT2D eigenvalue weighted by molar-refractivity contribution is -0.143. The van der Waals surface area contributed by atoms with Gasteiger partial charge in [0.25, 0.3) is 5.91 Å². The second-order valence-corrected chi connectivity index (χ2v) is 11.7. The van der Waals surface area contributed by atoms with E-state index in [1.165, 1.54) is 0 Å². The van der Waals surface area contributed by atoms with Crippen molar-refractivity contribution < 1.29 is 14.3 Å². The number of benzene rings is 3. The molecule has 200 valence electrons. The number of halogens is 2. The Morgan fingerprint density at radius 2 is 1.61 bits per heavy atom. The van der Waals surface area contributed by atoms with E-state index in [2.05, 4.69) is 37.2 Å². The van der Waals surface area contributed by atoms with Crippen molar-refractivity contribution in [3.63, 3.8) is 0 Å². The quantitative estimate of drug-likeness (QED) is 0.262. The van der Waals surface area contributed by atoms with Gasteiger partial charge in [-0.3, -0.25) is 9.59 Å². The maximum atomic E-state index is 13.8. The fourth-order valence-electron chi connectivity index (χ4n) is 4.97. The second kappa shape index (κ2) is 13.4. The van der Waals surface area contributed by atoms with Gasteiger partial charge in [-0.05, 0) is 73.2 Å². The third-order valence-corrected chi connectivity index (χ3v) is 8.73. The first-order valence-corrected chi connectivity index (χ1v) is 14.7. The van der Waals surface area contributed by atoms with E-state index < -0.39 is 6.04 Å². The molecule has 0 radical (unpaired) electrons. The lowest BCUT2D eigenvalue weighted by atomic mass is 10.0. The van der Waals surface area contributed by atoms with Crippen LogP contribution in [0.5, 0.6) is 5.75 Å². The fourth-order valence-corrected chi connectivity index (χ4v) is 5.65. The Kier molecular flexibility index (Phi) is 10.0. The number of carbonyl (C=O) groups excluding carboxylic acids is 2. The van der Waals surface area contributed by atoms with Crippen molar-refractivity contribution in [2.45, 2.75) is 64.6 Å². The topological polar surface area (TPSA) is 58.6 Å². The first kappa shape index (κ1) is 28.4. The highest BCUT2D eigenvalue weighted by Crippen LogP contribution is 2.27. The average molecular weight is 642 g/mol. The lowest BCUT2D eigenvalue weighted by Crippen LogP contribution is -2.53. The Bertz CT molecular complexity index is 1240. The minimum atomic E-state index is -0.665. The molecule has 1 saturated carbocycles. The van der Waals surface area contributed by atoms with Crippen LogP contribution in [0.15, 0.2) is 75.7 Å². The van der Waals surface area contributed by atoms with Crippen molar-refractivity contribution in [3.8, 4) is 5.75 Å². The first-order chi connectivity index (χ1) is 18.3. The molecule has 5 nitrogen and oxygen atoms in total. The molecular weight excluding hydrogens is 608 g/mol. The monoisotopic (exact) mass is 640 g/mol. The van der Waals surface area contributed by atoms with Gasteiger partial charge in [0.1, 0.15) is 11.8 Å². The molecule has 38 heavy (non-hydrogen) atoms. The second-order valence-electron chi connectivity index (χ2n) is 10.0. The van der Waals surface area contributed by atoms with Gasteiger partial charge < -0.3 is 15.0 Å². The van der Waals surface area contributed by atoms with Crippen LogP contribution in [0.3, 0.4) is 0 Å². The molecule has 0 spiro atoms. The molecule has 7 heteroatoms. The summed E-state index contributed by atoms with van der Waals surface area (Å²) in [6, 6.07) is 21.1. The number of hydrogen-bond acceptors (Lipinski definition) is 3. The van der Waals surface area contributed by atoms with E-state index in [4.69, 9.17) is 4.74 Å². The Morgan fingerprint density at radius 1 is 0.947 bits per heavy atom. The molecule has 0 bridgehead atoms. The molecular formula is C31H34Br2N2O3. The number of amides is 2. The summed E-state index contributed by atoms with van der Waals surface area (Å²) in [7, 11) is 0. The van der Waals surface area contributed by atoms with Gasteiger partial charge in [0.2, 0.25) is 5.91 Å². The van der Waals surface area contributed by atoms with Crippen molar-refractivity contribution in [3.05, 3.63) is 97.9 Å². The number of aryl methyl sites for hydroxylation is 2. The predicted octanol–water partition coefficient (Wildman–Crippen LogP) is 6.91. The van der Waals surface area contributed by atoms with Crippen LogP contribution >= 0.6 is 31.9 Å². The highest BCUT2D eigenvalue weighted by atomic mass is 79.9. The first-order valence-electron chi connectivity index (χ1n) is 13.1. The summed E-state index contributed by atoms with van der Waals surface area (Å²) >= 11 is 7.12. The Hall–Kier alpha value is -2.64. The zero-order valence-electron chi connectivity index (χ0n) is 21.9. The molecule has 1 unspecified atom stereocenters. The van der Waals surface area contributed by atoms with Gasteiger partial charge in [-0.25, -0.2) is 0 Å². The standard InChI is InChI=1S/C31H34Br2N2O3/c1-21-15-27(16-22(2)30(21)33)38-20-29(36)35(19-24-11-8-12-25(32)17-24)28(18-23-9-4-3-5-10-23)31(37)34-26-13-6-7-14-26/h3-5,8-12,15-17,26,28H,6-7,13-14,18-20H2,1-2H3,(H,34,37). The number of carbonyl (C=O) groups is 2. The van der Waals surface area contributed by atoms with E-state index in [1.54, 1.807) is 4.90 Å². The van der Waals surface area contributed by atoms with E-state index in [0.29, 0.717) is 18.7 Å². The maximum Gasteiger partial charge on any atom is 0.261 e.